The molecule has 1 aliphatic heterocycles. The Labute approximate surface area is 118 Å². The molecule has 2 rings (SSSR count). The molecule has 1 fully saturated rings. The summed E-state index contributed by atoms with van der Waals surface area (Å²) in [4.78, 5) is 11.1. The van der Waals surface area contributed by atoms with E-state index in [-0.39, 0.29) is 28.4 Å². The molecule has 0 bridgehead atoms. The summed E-state index contributed by atoms with van der Waals surface area (Å²) in [5, 5.41) is 9.06. The zero-order valence-electron chi connectivity index (χ0n) is 11.5. The van der Waals surface area contributed by atoms with Crippen molar-refractivity contribution in [2.75, 3.05) is 5.75 Å². The van der Waals surface area contributed by atoms with Gasteiger partial charge < -0.3 is 9.84 Å². The van der Waals surface area contributed by atoms with Crippen LogP contribution in [0, 0.1) is 6.92 Å². The topological polar surface area (TPSA) is 80.7 Å². The summed E-state index contributed by atoms with van der Waals surface area (Å²) >= 11 is 0. The maximum Gasteiger partial charge on any atom is 0.335 e. The fraction of sp³-hybridized carbons (Fsp3) is 0.500. The monoisotopic (exact) mass is 298 g/mol. The average Bonchev–Trinajstić information content (AvgIpc) is 2.73. The van der Waals surface area contributed by atoms with Crippen LogP contribution in [0.3, 0.4) is 0 Å². The van der Waals surface area contributed by atoms with Gasteiger partial charge in [0.25, 0.3) is 0 Å². The molecule has 1 aliphatic rings. The van der Waals surface area contributed by atoms with Crippen molar-refractivity contribution in [2.45, 2.75) is 43.8 Å². The van der Waals surface area contributed by atoms with Crippen molar-refractivity contribution in [3.05, 3.63) is 29.3 Å². The van der Waals surface area contributed by atoms with Crippen molar-refractivity contribution in [2.24, 2.45) is 0 Å². The SMILES string of the molecule is Cc1ccc(S(=O)(=O)CC2CCC(C)O2)cc1C(=O)O. The Morgan fingerprint density at radius 3 is 2.65 bits per heavy atom. The number of aromatic carboxylic acids is 1. The van der Waals surface area contributed by atoms with Gasteiger partial charge in [-0.05, 0) is 44.4 Å². The molecule has 2 atom stereocenters. The molecular formula is C14H18O5S. The molecule has 0 saturated carbocycles. The Morgan fingerprint density at radius 1 is 1.40 bits per heavy atom. The number of hydrogen-bond donors (Lipinski definition) is 1. The Bertz CT molecular complexity index is 620. The van der Waals surface area contributed by atoms with Gasteiger partial charge >= 0.3 is 5.97 Å². The van der Waals surface area contributed by atoms with E-state index in [1.165, 1.54) is 18.2 Å². The second-order valence-corrected chi connectivity index (χ2v) is 7.24. The van der Waals surface area contributed by atoms with Crippen molar-refractivity contribution < 1.29 is 23.1 Å². The second-order valence-electron chi connectivity index (χ2n) is 5.21. The maximum absolute atomic E-state index is 12.3. The van der Waals surface area contributed by atoms with E-state index in [1.807, 2.05) is 6.92 Å². The van der Waals surface area contributed by atoms with E-state index >= 15 is 0 Å². The molecule has 0 spiro atoms. The Kier molecular flexibility index (Phi) is 4.15. The Morgan fingerprint density at radius 2 is 2.10 bits per heavy atom. The molecule has 1 saturated heterocycles. The number of carboxylic acid groups (broad SMARTS) is 1. The van der Waals surface area contributed by atoms with Gasteiger partial charge in [0.05, 0.1) is 28.4 Å². The summed E-state index contributed by atoms with van der Waals surface area (Å²) in [6.07, 6.45) is 1.36. The standard InChI is InChI=1S/C14H18O5S/c1-9-3-6-12(7-13(9)14(15)16)20(17,18)8-11-5-4-10(2)19-11/h3,6-7,10-11H,4-5,8H2,1-2H3,(H,15,16). The lowest BCUT2D eigenvalue weighted by Gasteiger charge is -2.12. The molecule has 0 aromatic heterocycles. The number of ether oxygens (including phenoxy) is 1. The number of rotatable bonds is 4. The molecule has 0 amide bonds. The van der Waals surface area contributed by atoms with Crippen LogP contribution in [-0.2, 0) is 14.6 Å². The highest BCUT2D eigenvalue weighted by molar-refractivity contribution is 7.91. The van der Waals surface area contributed by atoms with Crippen LogP contribution in [-0.4, -0.2) is 37.5 Å². The van der Waals surface area contributed by atoms with Crippen LogP contribution in [0.2, 0.25) is 0 Å². The van der Waals surface area contributed by atoms with Crippen LogP contribution in [0.15, 0.2) is 23.1 Å². The van der Waals surface area contributed by atoms with Gasteiger partial charge in [0.15, 0.2) is 9.84 Å². The quantitative estimate of drug-likeness (QED) is 0.920. The van der Waals surface area contributed by atoms with Crippen LogP contribution in [0.25, 0.3) is 0 Å². The number of sulfone groups is 1. The zero-order chi connectivity index (χ0) is 14.9. The van der Waals surface area contributed by atoms with Crippen LogP contribution in [0.4, 0.5) is 0 Å². The highest BCUT2D eigenvalue weighted by Gasteiger charge is 2.28. The van der Waals surface area contributed by atoms with Gasteiger partial charge in [-0.3, -0.25) is 0 Å². The normalized spacial score (nSPS) is 22.9. The molecule has 20 heavy (non-hydrogen) atoms. The van der Waals surface area contributed by atoms with Crippen LogP contribution < -0.4 is 0 Å². The smallest absolute Gasteiger partial charge is 0.335 e. The third-order valence-electron chi connectivity index (χ3n) is 3.52. The van der Waals surface area contributed by atoms with Crippen molar-refractivity contribution >= 4 is 15.8 Å². The lowest BCUT2D eigenvalue weighted by molar-refractivity contribution is 0.0688. The van der Waals surface area contributed by atoms with Gasteiger partial charge in [-0.1, -0.05) is 6.07 Å². The fourth-order valence-corrected chi connectivity index (χ4v) is 3.87. The molecule has 110 valence electrons. The minimum atomic E-state index is -3.53. The third kappa shape index (κ3) is 3.19. The Hall–Kier alpha value is -1.40. The minimum Gasteiger partial charge on any atom is -0.478 e. The van der Waals surface area contributed by atoms with Crippen molar-refractivity contribution in [1.82, 2.24) is 0 Å². The summed E-state index contributed by atoms with van der Waals surface area (Å²) in [6.45, 7) is 3.56. The summed E-state index contributed by atoms with van der Waals surface area (Å²) in [6, 6.07) is 4.20. The lowest BCUT2D eigenvalue weighted by atomic mass is 10.1. The van der Waals surface area contributed by atoms with E-state index in [4.69, 9.17) is 9.84 Å². The molecule has 2 unspecified atom stereocenters. The molecule has 0 radical (unpaired) electrons. The van der Waals surface area contributed by atoms with E-state index in [0.717, 1.165) is 12.8 Å². The van der Waals surface area contributed by atoms with Crippen LogP contribution in [0.1, 0.15) is 35.7 Å². The number of aryl methyl sites for hydroxylation is 1. The molecule has 1 aromatic carbocycles. The summed E-state index contributed by atoms with van der Waals surface area (Å²) in [5.74, 6) is -1.22. The zero-order valence-corrected chi connectivity index (χ0v) is 12.3. The number of benzene rings is 1. The summed E-state index contributed by atoms with van der Waals surface area (Å²) < 4.78 is 30.1. The predicted octanol–water partition coefficient (Wildman–Crippen LogP) is 2.03. The number of carbonyl (C=O) groups is 1. The molecule has 6 heteroatoms. The first-order valence-electron chi connectivity index (χ1n) is 6.52. The fourth-order valence-electron chi connectivity index (χ4n) is 2.37. The van der Waals surface area contributed by atoms with E-state index in [1.54, 1.807) is 6.92 Å². The predicted molar refractivity (Wildman–Crippen MR) is 73.8 cm³/mol. The molecule has 1 aromatic rings. The first-order chi connectivity index (χ1) is 9.29. The van der Waals surface area contributed by atoms with Crippen LogP contribution >= 0.6 is 0 Å². The van der Waals surface area contributed by atoms with Crippen molar-refractivity contribution in [3.8, 4) is 0 Å². The van der Waals surface area contributed by atoms with Gasteiger partial charge in [-0.15, -0.1) is 0 Å². The van der Waals surface area contributed by atoms with E-state index in [0.29, 0.717) is 5.56 Å². The first-order valence-corrected chi connectivity index (χ1v) is 8.17. The molecular weight excluding hydrogens is 280 g/mol. The summed E-state index contributed by atoms with van der Waals surface area (Å²) in [7, 11) is -3.53. The van der Waals surface area contributed by atoms with Crippen molar-refractivity contribution in [3.63, 3.8) is 0 Å². The Balaban J connectivity index is 2.25. The molecule has 1 heterocycles. The molecule has 0 aliphatic carbocycles. The van der Waals surface area contributed by atoms with Gasteiger partial charge in [0.2, 0.25) is 0 Å². The van der Waals surface area contributed by atoms with Crippen molar-refractivity contribution in [1.29, 1.82) is 0 Å². The highest BCUT2D eigenvalue weighted by Crippen LogP contribution is 2.24. The number of hydrogen-bond acceptors (Lipinski definition) is 4. The van der Waals surface area contributed by atoms with Crippen LogP contribution in [0.5, 0.6) is 0 Å². The highest BCUT2D eigenvalue weighted by atomic mass is 32.2. The van der Waals surface area contributed by atoms with E-state index in [9.17, 15) is 13.2 Å². The minimum absolute atomic E-state index is 0.0202. The number of carboxylic acids is 1. The lowest BCUT2D eigenvalue weighted by Crippen LogP contribution is -2.21. The van der Waals surface area contributed by atoms with Gasteiger partial charge in [-0.25, -0.2) is 13.2 Å². The first kappa shape index (κ1) is 15.0. The largest absolute Gasteiger partial charge is 0.478 e. The molecule has 1 N–H and O–H groups in total. The van der Waals surface area contributed by atoms with Gasteiger partial charge in [-0.2, -0.15) is 0 Å². The van der Waals surface area contributed by atoms with Gasteiger partial charge in [0.1, 0.15) is 0 Å². The van der Waals surface area contributed by atoms with E-state index in [2.05, 4.69) is 0 Å². The average molecular weight is 298 g/mol. The van der Waals surface area contributed by atoms with E-state index < -0.39 is 15.8 Å². The summed E-state index contributed by atoms with van der Waals surface area (Å²) in [5.41, 5.74) is 0.564. The third-order valence-corrected chi connectivity index (χ3v) is 5.31. The molecule has 5 nitrogen and oxygen atoms in total. The van der Waals surface area contributed by atoms with Gasteiger partial charge in [0, 0.05) is 0 Å². The maximum atomic E-state index is 12.3. The second kappa shape index (κ2) is 5.54.